The molecule has 178 valence electrons. The lowest BCUT2D eigenvalue weighted by Crippen LogP contribution is -2.44. The molecule has 3 aromatic carbocycles. The summed E-state index contributed by atoms with van der Waals surface area (Å²) in [6.45, 7) is 1.66. The van der Waals surface area contributed by atoms with E-state index in [0.717, 1.165) is 17.7 Å². The van der Waals surface area contributed by atoms with Gasteiger partial charge >= 0.3 is 6.03 Å². The Morgan fingerprint density at radius 1 is 0.857 bits per heavy atom. The molecule has 0 radical (unpaired) electrons. The minimum Gasteiger partial charge on any atom is -0.322 e. The highest BCUT2D eigenvalue weighted by Gasteiger charge is 2.52. The SMILES string of the molecule is CCCCC1(c2ccccc2)NC(=O)N(CC(=O)c2ccc(NC(=O)c3ccccc3)cc2)C1=O. The van der Waals surface area contributed by atoms with Crippen LogP contribution < -0.4 is 10.6 Å². The first kappa shape index (κ1) is 23.9. The van der Waals surface area contributed by atoms with Crippen molar-refractivity contribution in [2.45, 2.75) is 31.7 Å². The Hall–Kier alpha value is -4.26. The third-order valence-corrected chi connectivity index (χ3v) is 6.15. The molecule has 0 saturated carbocycles. The molecule has 1 saturated heterocycles. The topological polar surface area (TPSA) is 95.6 Å². The summed E-state index contributed by atoms with van der Waals surface area (Å²) in [7, 11) is 0. The third-order valence-electron chi connectivity index (χ3n) is 6.15. The highest BCUT2D eigenvalue weighted by atomic mass is 16.2. The maximum absolute atomic E-state index is 13.5. The molecule has 0 aliphatic carbocycles. The van der Waals surface area contributed by atoms with Crippen molar-refractivity contribution >= 4 is 29.3 Å². The van der Waals surface area contributed by atoms with Gasteiger partial charge in [0.15, 0.2) is 5.78 Å². The van der Waals surface area contributed by atoms with Gasteiger partial charge in [-0.2, -0.15) is 0 Å². The molecular formula is C28H27N3O4. The normalized spacial score (nSPS) is 17.2. The molecule has 1 heterocycles. The molecule has 1 unspecified atom stereocenters. The lowest BCUT2D eigenvalue weighted by Gasteiger charge is -2.27. The quantitative estimate of drug-likeness (QED) is 0.349. The number of hydrogen-bond donors (Lipinski definition) is 2. The standard InChI is InChI=1S/C28H27N3O4/c1-2-3-18-28(22-12-8-5-9-13-22)26(34)31(27(35)30-28)19-24(32)20-14-16-23(17-15-20)29-25(33)21-10-6-4-7-11-21/h4-17H,2-3,18-19H2,1H3,(H,29,33)(H,30,35). The average Bonchev–Trinajstić information content (AvgIpc) is 3.14. The van der Waals surface area contributed by atoms with Crippen LogP contribution in [0.2, 0.25) is 0 Å². The van der Waals surface area contributed by atoms with Crippen molar-refractivity contribution in [3.8, 4) is 0 Å². The predicted octanol–water partition coefficient (Wildman–Crippen LogP) is 4.76. The molecule has 7 heteroatoms. The summed E-state index contributed by atoms with van der Waals surface area (Å²) < 4.78 is 0. The van der Waals surface area contributed by atoms with Crippen LogP contribution in [-0.4, -0.2) is 35.1 Å². The summed E-state index contributed by atoms with van der Waals surface area (Å²) in [5.74, 6) is -1.04. The monoisotopic (exact) mass is 469 g/mol. The maximum Gasteiger partial charge on any atom is 0.325 e. The molecule has 4 rings (SSSR count). The first-order chi connectivity index (χ1) is 16.9. The Balaban J connectivity index is 1.47. The fourth-order valence-electron chi connectivity index (χ4n) is 4.21. The number of carbonyl (C=O) groups is 4. The first-order valence-corrected chi connectivity index (χ1v) is 11.6. The van der Waals surface area contributed by atoms with Crippen LogP contribution in [0.1, 0.15) is 52.5 Å². The van der Waals surface area contributed by atoms with Crippen molar-refractivity contribution in [1.82, 2.24) is 10.2 Å². The molecule has 3 aromatic rings. The zero-order valence-corrected chi connectivity index (χ0v) is 19.5. The van der Waals surface area contributed by atoms with Crippen LogP contribution in [0.4, 0.5) is 10.5 Å². The number of amides is 4. The molecule has 0 bridgehead atoms. The summed E-state index contributed by atoms with van der Waals surface area (Å²) in [5, 5.41) is 5.64. The van der Waals surface area contributed by atoms with Crippen molar-refractivity contribution in [3.05, 3.63) is 102 Å². The highest BCUT2D eigenvalue weighted by Crippen LogP contribution is 2.34. The number of nitrogens with zero attached hydrogens (tertiary/aromatic N) is 1. The number of imide groups is 1. The van der Waals surface area contributed by atoms with Crippen molar-refractivity contribution in [2.75, 3.05) is 11.9 Å². The van der Waals surface area contributed by atoms with Crippen molar-refractivity contribution in [3.63, 3.8) is 0 Å². The molecule has 2 N–H and O–H groups in total. The minimum atomic E-state index is -1.17. The summed E-state index contributed by atoms with van der Waals surface area (Å²) >= 11 is 0. The number of benzene rings is 3. The lowest BCUT2D eigenvalue weighted by molar-refractivity contribution is -0.131. The van der Waals surface area contributed by atoms with E-state index < -0.39 is 17.5 Å². The number of anilines is 1. The first-order valence-electron chi connectivity index (χ1n) is 11.6. The van der Waals surface area contributed by atoms with E-state index >= 15 is 0 Å². The Labute approximate surface area is 204 Å². The van der Waals surface area contributed by atoms with E-state index in [-0.39, 0.29) is 18.2 Å². The van der Waals surface area contributed by atoms with Gasteiger partial charge in [0, 0.05) is 16.8 Å². The summed E-state index contributed by atoms with van der Waals surface area (Å²) in [6.07, 6.45) is 2.07. The van der Waals surface area contributed by atoms with Crippen LogP contribution in [0, 0.1) is 0 Å². The zero-order chi connectivity index (χ0) is 24.8. The van der Waals surface area contributed by atoms with Crippen LogP contribution in [0.5, 0.6) is 0 Å². The van der Waals surface area contributed by atoms with E-state index in [0.29, 0.717) is 28.8 Å². The van der Waals surface area contributed by atoms with Gasteiger partial charge in [-0.25, -0.2) is 4.79 Å². The van der Waals surface area contributed by atoms with Gasteiger partial charge in [0.05, 0.1) is 6.54 Å². The fraction of sp³-hybridized carbons (Fsp3) is 0.214. The molecule has 1 aliphatic rings. The Bertz CT molecular complexity index is 1230. The predicted molar refractivity (Wildman–Crippen MR) is 133 cm³/mol. The molecule has 1 fully saturated rings. The number of Topliss-reactive ketones (excluding diaryl/α,β-unsaturated/α-hetero) is 1. The smallest absolute Gasteiger partial charge is 0.322 e. The Morgan fingerprint density at radius 2 is 1.49 bits per heavy atom. The molecule has 1 aliphatic heterocycles. The highest BCUT2D eigenvalue weighted by molar-refractivity contribution is 6.11. The van der Waals surface area contributed by atoms with Gasteiger partial charge in [-0.3, -0.25) is 19.3 Å². The van der Waals surface area contributed by atoms with Gasteiger partial charge in [-0.05, 0) is 48.4 Å². The van der Waals surface area contributed by atoms with E-state index in [2.05, 4.69) is 10.6 Å². The van der Waals surface area contributed by atoms with Crippen LogP contribution in [0.15, 0.2) is 84.9 Å². The molecular weight excluding hydrogens is 442 g/mol. The van der Waals surface area contributed by atoms with Gasteiger partial charge < -0.3 is 10.6 Å². The fourth-order valence-corrected chi connectivity index (χ4v) is 4.21. The maximum atomic E-state index is 13.5. The summed E-state index contributed by atoms with van der Waals surface area (Å²) in [4.78, 5) is 52.5. The second-order valence-corrected chi connectivity index (χ2v) is 8.52. The molecule has 35 heavy (non-hydrogen) atoms. The second-order valence-electron chi connectivity index (χ2n) is 8.52. The van der Waals surface area contributed by atoms with Crippen LogP contribution >= 0.6 is 0 Å². The van der Waals surface area contributed by atoms with Gasteiger partial charge in [0.2, 0.25) is 0 Å². The van der Waals surface area contributed by atoms with Crippen LogP contribution in [0.3, 0.4) is 0 Å². The number of unbranched alkanes of at least 4 members (excludes halogenated alkanes) is 1. The number of nitrogens with one attached hydrogen (secondary N) is 2. The van der Waals surface area contributed by atoms with Gasteiger partial charge in [-0.15, -0.1) is 0 Å². The molecule has 7 nitrogen and oxygen atoms in total. The molecule has 0 aromatic heterocycles. The summed E-state index contributed by atoms with van der Waals surface area (Å²) in [5.41, 5.74) is 0.943. The van der Waals surface area contributed by atoms with Crippen molar-refractivity contribution in [1.29, 1.82) is 0 Å². The van der Waals surface area contributed by atoms with Gasteiger partial charge in [-0.1, -0.05) is 68.3 Å². The molecule has 0 spiro atoms. The number of hydrogen-bond acceptors (Lipinski definition) is 4. The van der Waals surface area contributed by atoms with E-state index in [4.69, 9.17) is 0 Å². The third kappa shape index (κ3) is 4.99. The van der Waals surface area contributed by atoms with Crippen molar-refractivity contribution in [2.24, 2.45) is 0 Å². The van der Waals surface area contributed by atoms with E-state index in [1.165, 1.54) is 0 Å². The number of ketones is 1. The number of carbonyl (C=O) groups excluding carboxylic acids is 4. The Morgan fingerprint density at radius 3 is 2.11 bits per heavy atom. The van der Waals surface area contributed by atoms with Gasteiger partial charge in [0.1, 0.15) is 5.54 Å². The molecule has 1 atom stereocenters. The zero-order valence-electron chi connectivity index (χ0n) is 19.5. The number of rotatable bonds is 9. The number of urea groups is 1. The average molecular weight is 470 g/mol. The van der Waals surface area contributed by atoms with E-state index in [1.54, 1.807) is 48.5 Å². The van der Waals surface area contributed by atoms with Crippen LogP contribution in [0.25, 0.3) is 0 Å². The van der Waals surface area contributed by atoms with E-state index in [9.17, 15) is 19.2 Å². The largest absolute Gasteiger partial charge is 0.325 e. The van der Waals surface area contributed by atoms with Crippen molar-refractivity contribution < 1.29 is 19.2 Å². The van der Waals surface area contributed by atoms with Crippen LogP contribution in [-0.2, 0) is 10.3 Å². The summed E-state index contributed by atoms with van der Waals surface area (Å²) in [6, 6.07) is 23.8. The minimum absolute atomic E-state index is 0.256. The molecule has 4 amide bonds. The Kier molecular flexibility index (Phi) is 7.06. The van der Waals surface area contributed by atoms with Gasteiger partial charge in [0.25, 0.3) is 11.8 Å². The lowest BCUT2D eigenvalue weighted by atomic mass is 9.85. The van der Waals surface area contributed by atoms with E-state index in [1.807, 2.05) is 43.3 Å². The second kappa shape index (κ2) is 10.3.